The van der Waals surface area contributed by atoms with E-state index in [0.717, 1.165) is 24.3 Å². The second-order valence-corrected chi connectivity index (χ2v) is 7.17. The molecule has 110 valence electrons. The molecule has 2 fully saturated rings. The molecule has 1 atom stereocenters. The van der Waals surface area contributed by atoms with Crippen LogP contribution in [0, 0.1) is 6.92 Å². The van der Waals surface area contributed by atoms with E-state index in [0.29, 0.717) is 0 Å². The minimum absolute atomic E-state index is 0.0516. The van der Waals surface area contributed by atoms with E-state index in [4.69, 9.17) is 14.0 Å². The van der Waals surface area contributed by atoms with E-state index in [2.05, 4.69) is 46.6 Å². The Morgan fingerprint density at radius 3 is 2.25 bits per heavy atom. The molecule has 0 spiro atoms. The minimum Gasteiger partial charge on any atom is -0.399 e. The lowest BCUT2D eigenvalue weighted by molar-refractivity contribution is 0.00578. The summed E-state index contributed by atoms with van der Waals surface area (Å²) in [4.78, 5) is 0. The average molecular weight is 278 g/mol. The van der Waals surface area contributed by atoms with Crippen LogP contribution >= 0.6 is 0 Å². The maximum absolute atomic E-state index is 6.08. The summed E-state index contributed by atoms with van der Waals surface area (Å²) in [6.07, 6.45) is 1.85. The fraction of sp³-hybridized carbons (Fsp3) is 0.786. The summed E-state index contributed by atoms with van der Waals surface area (Å²) < 4.78 is 19.6. The van der Waals surface area contributed by atoms with E-state index in [9.17, 15) is 0 Å². The van der Waals surface area contributed by atoms with E-state index in [-0.39, 0.29) is 23.9 Å². The van der Waals surface area contributed by atoms with Gasteiger partial charge in [-0.2, -0.15) is 5.10 Å². The van der Waals surface area contributed by atoms with Gasteiger partial charge in [0.25, 0.3) is 0 Å². The Labute approximate surface area is 120 Å². The van der Waals surface area contributed by atoms with E-state index >= 15 is 0 Å². The van der Waals surface area contributed by atoms with E-state index < -0.39 is 0 Å². The van der Waals surface area contributed by atoms with Gasteiger partial charge in [-0.25, -0.2) is 0 Å². The quantitative estimate of drug-likeness (QED) is 0.617. The molecule has 0 aromatic carbocycles. The van der Waals surface area contributed by atoms with Crippen molar-refractivity contribution in [1.29, 1.82) is 0 Å². The van der Waals surface area contributed by atoms with Crippen LogP contribution in [0.5, 0.6) is 0 Å². The van der Waals surface area contributed by atoms with Gasteiger partial charge in [-0.1, -0.05) is 0 Å². The van der Waals surface area contributed by atoms with Crippen LogP contribution in [-0.4, -0.2) is 40.3 Å². The first kappa shape index (κ1) is 14.1. The fourth-order valence-electron chi connectivity index (χ4n) is 2.35. The summed E-state index contributed by atoms with van der Waals surface area (Å²) in [6.45, 7) is 14.0. The molecule has 0 N–H and O–H groups in total. The largest absolute Gasteiger partial charge is 0.498 e. The van der Waals surface area contributed by atoms with Crippen molar-refractivity contribution in [1.82, 2.24) is 9.78 Å². The van der Waals surface area contributed by atoms with Crippen LogP contribution in [0.25, 0.3) is 0 Å². The second-order valence-electron chi connectivity index (χ2n) is 7.17. The van der Waals surface area contributed by atoms with Crippen molar-refractivity contribution in [3.63, 3.8) is 0 Å². The van der Waals surface area contributed by atoms with Gasteiger partial charge in [0.1, 0.15) is 5.60 Å². The summed E-state index contributed by atoms with van der Waals surface area (Å²) in [5.74, 6) is 0. The molecular weight excluding hydrogens is 255 g/mol. The predicted molar refractivity (Wildman–Crippen MR) is 77.0 cm³/mol. The number of hydrogen-bond acceptors (Lipinski definition) is 4. The van der Waals surface area contributed by atoms with Gasteiger partial charge in [-0.15, -0.1) is 0 Å². The van der Waals surface area contributed by atoms with Gasteiger partial charge < -0.3 is 14.0 Å². The lowest BCUT2D eigenvalue weighted by Gasteiger charge is -2.32. The number of ether oxygens (including phenoxy) is 1. The van der Waals surface area contributed by atoms with Crippen LogP contribution in [0.1, 0.15) is 40.3 Å². The lowest BCUT2D eigenvalue weighted by Crippen LogP contribution is -2.41. The van der Waals surface area contributed by atoms with Crippen LogP contribution in [0.15, 0.2) is 6.20 Å². The van der Waals surface area contributed by atoms with E-state index in [1.807, 2.05) is 10.9 Å². The first-order valence-electron chi connectivity index (χ1n) is 7.15. The van der Waals surface area contributed by atoms with Crippen LogP contribution in [-0.2, 0) is 20.6 Å². The Balaban J connectivity index is 1.82. The third-order valence-electron chi connectivity index (χ3n) is 4.77. The molecule has 0 aliphatic carbocycles. The molecule has 0 amide bonds. The molecule has 2 aliphatic rings. The molecular formula is C14H23BN2O3. The third-order valence-corrected chi connectivity index (χ3v) is 4.77. The molecule has 1 aromatic heterocycles. The molecule has 3 heterocycles. The smallest absolute Gasteiger partial charge is 0.399 e. The monoisotopic (exact) mass is 278 g/mol. The molecule has 1 unspecified atom stereocenters. The van der Waals surface area contributed by atoms with Crippen molar-refractivity contribution < 1.29 is 14.0 Å². The highest BCUT2D eigenvalue weighted by Crippen LogP contribution is 2.36. The maximum atomic E-state index is 6.08. The number of epoxide rings is 1. The SMILES string of the molecule is Cc1c(B2OC(C)(C)C(C)(C)O2)cnn1CC1(C)CO1. The molecule has 2 saturated heterocycles. The highest BCUT2D eigenvalue weighted by atomic mass is 16.7. The number of hydrogen-bond donors (Lipinski definition) is 0. The minimum atomic E-state index is -0.346. The van der Waals surface area contributed by atoms with Gasteiger partial charge in [0.05, 0.1) is 24.4 Å². The number of nitrogens with zero attached hydrogens (tertiary/aromatic N) is 2. The highest BCUT2D eigenvalue weighted by Gasteiger charge is 2.52. The van der Waals surface area contributed by atoms with E-state index in [1.165, 1.54) is 0 Å². The summed E-state index contributed by atoms with van der Waals surface area (Å²) in [6, 6.07) is 0. The standard InChI is InChI=1S/C14H23BN2O3/c1-10-11(7-16-17(10)8-14(6)9-18-14)15-19-12(2,3)13(4,5)20-15/h7H,8-9H2,1-6H3. The Bertz CT molecular complexity index is 519. The van der Waals surface area contributed by atoms with Crippen LogP contribution in [0.4, 0.5) is 0 Å². The lowest BCUT2D eigenvalue weighted by atomic mass is 9.79. The molecule has 1 aromatic rings. The van der Waals surface area contributed by atoms with Gasteiger partial charge in [-0.05, 0) is 41.5 Å². The first-order valence-corrected chi connectivity index (χ1v) is 7.15. The van der Waals surface area contributed by atoms with Gasteiger partial charge in [0.15, 0.2) is 0 Å². The molecule has 0 bridgehead atoms. The molecule has 6 heteroatoms. The highest BCUT2D eigenvalue weighted by molar-refractivity contribution is 6.62. The second kappa shape index (κ2) is 4.09. The fourth-order valence-corrected chi connectivity index (χ4v) is 2.35. The van der Waals surface area contributed by atoms with Gasteiger partial charge in [0.2, 0.25) is 0 Å². The van der Waals surface area contributed by atoms with Crippen LogP contribution in [0.2, 0.25) is 0 Å². The zero-order chi connectivity index (χ0) is 14.8. The molecule has 0 saturated carbocycles. The molecule has 3 rings (SSSR count). The van der Waals surface area contributed by atoms with Crippen molar-refractivity contribution in [3.8, 4) is 0 Å². The number of aromatic nitrogens is 2. The molecule has 0 radical (unpaired) electrons. The van der Waals surface area contributed by atoms with Gasteiger partial charge in [0, 0.05) is 17.4 Å². The zero-order valence-electron chi connectivity index (χ0n) is 13.2. The summed E-state index contributed by atoms with van der Waals surface area (Å²) in [7, 11) is -0.346. The first-order chi connectivity index (χ1) is 9.14. The van der Waals surface area contributed by atoms with Crippen LogP contribution < -0.4 is 5.46 Å². The summed E-state index contributed by atoms with van der Waals surface area (Å²) in [5.41, 5.74) is 1.40. The molecule has 20 heavy (non-hydrogen) atoms. The molecule has 2 aliphatic heterocycles. The average Bonchev–Trinajstić information content (AvgIpc) is 2.86. The molecule has 5 nitrogen and oxygen atoms in total. The Kier molecular flexibility index (Phi) is 2.88. The van der Waals surface area contributed by atoms with Crippen molar-refractivity contribution >= 4 is 12.6 Å². The van der Waals surface area contributed by atoms with Gasteiger partial charge >= 0.3 is 7.12 Å². The Morgan fingerprint density at radius 1 is 1.20 bits per heavy atom. The van der Waals surface area contributed by atoms with Crippen molar-refractivity contribution in [2.24, 2.45) is 0 Å². The summed E-state index contributed by atoms with van der Waals surface area (Å²) >= 11 is 0. The number of rotatable bonds is 3. The van der Waals surface area contributed by atoms with Crippen molar-refractivity contribution in [2.75, 3.05) is 6.61 Å². The van der Waals surface area contributed by atoms with Gasteiger partial charge in [-0.3, -0.25) is 4.68 Å². The predicted octanol–water partition coefficient (Wildman–Crippen LogP) is 1.28. The third kappa shape index (κ3) is 2.20. The Morgan fingerprint density at radius 2 is 1.75 bits per heavy atom. The van der Waals surface area contributed by atoms with Crippen molar-refractivity contribution in [2.45, 2.75) is 64.9 Å². The summed E-state index contributed by atoms with van der Waals surface area (Å²) in [5, 5.41) is 4.46. The van der Waals surface area contributed by atoms with Crippen LogP contribution in [0.3, 0.4) is 0 Å². The maximum Gasteiger partial charge on any atom is 0.498 e. The Hall–Kier alpha value is -0.845. The van der Waals surface area contributed by atoms with Crippen molar-refractivity contribution in [3.05, 3.63) is 11.9 Å². The van der Waals surface area contributed by atoms with E-state index in [1.54, 1.807) is 0 Å². The topological polar surface area (TPSA) is 48.8 Å². The normalized spacial score (nSPS) is 30.8. The zero-order valence-corrected chi connectivity index (χ0v) is 13.2.